The maximum Gasteiger partial charge on any atom is 0.317 e. The molecular formula is C19H32N4O. The van der Waals surface area contributed by atoms with Gasteiger partial charge in [0.2, 0.25) is 0 Å². The van der Waals surface area contributed by atoms with Gasteiger partial charge in [-0.2, -0.15) is 0 Å². The van der Waals surface area contributed by atoms with Crippen molar-refractivity contribution in [2.24, 2.45) is 11.8 Å². The number of likely N-dealkylation sites (tertiary alicyclic amines) is 1. The molecule has 24 heavy (non-hydrogen) atoms. The van der Waals surface area contributed by atoms with E-state index in [4.69, 9.17) is 0 Å². The third-order valence-electron chi connectivity index (χ3n) is 7.57. The van der Waals surface area contributed by atoms with Gasteiger partial charge in [-0.1, -0.05) is 12.8 Å². The average molecular weight is 332 g/mol. The van der Waals surface area contributed by atoms with E-state index in [1.54, 1.807) is 0 Å². The molecule has 5 heteroatoms. The standard InChI is InChI=1S/C19H32N4O/c24-19(20-16-7-10-21-8-3-2-6-18(16)21)23-12-14-11-22-9-4-1-5-17(22)15(14)13-23/h14-18H,1-13H2,(H,20,24)/t14-,15+,16+,17-,18+/m0/s1. The number of urea groups is 1. The molecule has 0 saturated carbocycles. The lowest BCUT2D eigenvalue weighted by atomic mass is 9.90. The van der Waals surface area contributed by atoms with E-state index in [0.717, 1.165) is 37.4 Å². The van der Waals surface area contributed by atoms with Crippen LogP contribution in [0.1, 0.15) is 44.9 Å². The molecule has 5 rings (SSSR count). The summed E-state index contributed by atoms with van der Waals surface area (Å²) in [6.45, 7) is 6.94. The second-order valence-electron chi connectivity index (χ2n) is 8.83. The SMILES string of the molecule is O=C(N[C@@H]1CCN2CCCC[C@H]12)N1C[C@@H]2CN3CCCC[C@H]3[C@@H]2C1. The smallest absolute Gasteiger partial charge is 0.317 e. The quantitative estimate of drug-likeness (QED) is 0.795. The Morgan fingerprint density at radius 2 is 1.58 bits per heavy atom. The molecule has 5 heterocycles. The summed E-state index contributed by atoms with van der Waals surface area (Å²) in [6.07, 6.45) is 9.20. The maximum atomic E-state index is 12.8. The van der Waals surface area contributed by atoms with Crippen LogP contribution in [0.25, 0.3) is 0 Å². The second kappa shape index (κ2) is 6.17. The first-order valence-corrected chi connectivity index (χ1v) is 10.3. The predicted octanol–water partition coefficient (Wildman–Crippen LogP) is 1.74. The first kappa shape index (κ1) is 15.4. The highest BCUT2D eigenvalue weighted by atomic mass is 16.2. The molecule has 5 saturated heterocycles. The summed E-state index contributed by atoms with van der Waals surface area (Å²) in [5, 5.41) is 3.41. The number of piperidine rings is 2. The van der Waals surface area contributed by atoms with Crippen LogP contribution in [0.5, 0.6) is 0 Å². The molecule has 0 aromatic heterocycles. The Balaban J connectivity index is 1.19. The van der Waals surface area contributed by atoms with E-state index in [1.807, 2.05) is 0 Å². The van der Waals surface area contributed by atoms with Crippen molar-refractivity contribution in [2.75, 3.05) is 39.3 Å². The summed E-state index contributed by atoms with van der Waals surface area (Å²) >= 11 is 0. The zero-order chi connectivity index (χ0) is 16.1. The van der Waals surface area contributed by atoms with E-state index < -0.39 is 0 Å². The second-order valence-corrected chi connectivity index (χ2v) is 8.83. The van der Waals surface area contributed by atoms with Crippen molar-refractivity contribution >= 4 is 6.03 Å². The minimum absolute atomic E-state index is 0.226. The number of hydrogen-bond donors (Lipinski definition) is 1. The number of amides is 2. The Labute approximate surface area is 145 Å². The van der Waals surface area contributed by atoms with Gasteiger partial charge in [0.25, 0.3) is 0 Å². The predicted molar refractivity (Wildman–Crippen MR) is 93.9 cm³/mol. The first-order valence-electron chi connectivity index (χ1n) is 10.3. The number of rotatable bonds is 1. The summed E-state index contributed by atoms with van der Waals surface area (Å²) in [7, 11) is 0. The normalized spacial score (nSPS) is 42.7. The highest BCUT2D eigenvalue weighted by Crippen LogP contribution is 2.40. The van der Waals surface area contributed by atoms with Crippen LogP contribution in [0.3, 0.4) is 0 Å². The summed E-state index contributed by atoms with van der Waals surface area (Å²) in [6, 6.07) is 1.99. The van der Waals surface area contributed by atoms with Crippen LogP contribution in [0.2, 0.25) is 0 Å². The van der Waals surface area contributed by atoms with E-state index >= 15 is 0 Å². The van der Waals surface area contributed by atoms with Crippen molar-refractivity contribution in [2.45, 2.75) is 63.1 Å². The maximum absolute atomic E-state index is 12.8. The van der Waals surface area contributed by atoms with Crippen molar-refractivity contribution in [1.82, 2.24) is 20.0 Å². The molecule has 0 aromatic rings. The third-order valence-corrected chi connectivity index (χ3v) is 7.57. The highest BCUT2D eigenvalue weighted by molar-refractivity contribution is 5.75. The summed E-state index contributed by atoms with van der Waals surface area (Å²) in [4.78, 5) is 20.3. The van der Waals surface area contributed by atoms with E-state index in [1.165, 1.54) is 64.7 Å². The van der Waals surface area contributed by atoms with E-state index in [0.29, 0.717) is 12.1 Å². The third kappa shape index (κ3) is 2.55. The molecule has 5 aliphatic heterocycles. The lowest BCUT2D eigenvalue weighted by Crippen LogP contribution is -2.51. The fourth-order valence-electron chi connectivity index (χ4n) is 6.39. The minimum Gasteiger partial charge on any atom is -0.334 e. The van der Waals surface area contributed by atoms with Crippen molar-refractivity contribution in [3.8, 4) is 0 Å². The Morgan fingerprint density at radius 3 is 2.46 bits per heavy atom. The molecule has 5 aliphatic rings. The molecular weight excluding hydrogens is 300 g/mol. The van der Waals surface area contributed by atoms with Crippen LogP contribution >= 0.6 is 0 Å². The van der Waals surface area contributed by atoms with Gasteiger partial charge in [-0.3, -0.25) is 9.80 Å². The number of fused-ring (bicyclic) bond motifs is 4. The highest BCUT2D eigenvalue weighted by Gasteiger charge is 2.48. The van der Waals surface area contributed by atoms with Crippen molar-refractivity contribution in [3.63, 3.8) is 0 Å². The van der Waals surface area contributed by atoms with Gasteiger partial charge in [0.15, 0.2) is 0 Å². The van der Waals surface area contributed by atoms with E-state index in [9.17, 15) is 4.79 Å². The molecule has 1 N–H and O–H groups in total. The summed E-state index contributed by atoms with van der Waals surface area (Å²) in [5.41, 5.74) is 0. The average Bonchev–Trinajstić information content (AvgIpc) is 3.27. The number of nitrogens with zero attached hydrogens (tertiary/aromatic N) is 3. The Hall–Kier alpha value is -0.810. The fraction of sp³-hybridized carbons (Fsp3) is 0.947. The lowest BCUT2D eigenvalue weighted by Gasteiger charge is -2.34. The van der Waals surface area contributed by atoms with Crippen molar-refractivity contribution in [1.29, 1.82) is 0 Å². The van der Waals surface area contributed by atoms with E-state index in [2.05, 4.69) is 20.0 Å². The van der Waals surface area contributed by atoms with Crippen LogP contribution in [0.4, 0.5) is 4.79 Å². The Morgan fingerprint density at radius 1 is 0.792 bits per heavy atom. The van der Waals surface area contributed by atoms with E-state index in [-0.39, 0.29) is 6.03 Å². The summed E-state index contributed by atoms with van der Waals surface area (Å²) < 4.78 is 0. The van der Waals surface area contributed by atoms with Crippen LogP contribution in [-0.4, -0.2) is 78.1 Å². The molecule has 0 unspecified atom stereocenters. The monoisotopic (exact) mass is 332 g/mol. The number of carbonyl (C=O) groups excluding carboxylic acids is 1. The van der Waals surface area contributed by atoms with Gasteiger partial charge in [-0.25, -0.2) is 4.79 Å². The van der Waals surface area contributed by atoms with Crippen LogP contribution in [-0.2, 0) is 0 Å². The molecule has 2 amide bonds. The van der Waals surface area contributed by atoms with Gasteiger partial charge < -0.3 is 10.2 Å². The number of hydrogen-bond acceptors (Lipinski definition) is 3. The number of nitrogens with one attached hydrogen (secondary N) is 1. The van der Waals surface area contributed by atoms with Gasteiger partial charge in [0.05, 0.1) is 0 Å². The summed E-state index contributed by atoms with van der Waals surface area (Å²) in [5.74, 6) is 1.47. The molecule has 5 fully saturated rings. The van der Waals surface area contributed by atoms with Crippen LogP contribution < -0.4 is 5.32 Å². The molecule has 0 bridgehead atoms. The lowest BCUT2D eigenvalue weighted by molar-refractivity contribution is 0.149. The molecule has 0 aliphatic carbocycles. The Bertz CT molecular complexity index is 498. The minimum atomic E-state index is 0.226. The van der Waals surface area contributed by atoms with Gasteiger partial charge in [-0.15, -0.1) is 0 Å². The molecule has 0 spiro atoms. The fourth-order valence-corrected chi connectivity index (χ4v) is 6.39. The first-order chi connectivity index (χ1) is 11.8. The molecule has 5 nitrogen and oxygen atoms in total. The van der Waals surface area contributed by atoms with Crippen LogP contribution in [0, 0.1) is 11.8 Å². The number of carbonyl (C=O) groups is 1. The van der Waals surface area contributed by atoms with Gasteiger partial charge >= 0.3 is 6.03 Å². The largest absolute Gasteiger partial charge is 0.334 e. The molecule has 0 radical (unpaired) electrons. The van der Waals surface area contributed by atoms with Crippen LogP contribution in [0.15, 0.2) is 0 Å². The molecule has 134 valence electrons. The van der Waals surface area contributed by atoms with Gasteiger partial charge in [0, 0.05) is 44.3 Å². The molecule has 5 atom stereocenters. The van der Waals surface area contributed by atoms with Crippen molar-refractivity contribution in [3.05, 3.63) is 0 Å². The van der Waals surface area contributed by atoms with Gasteiger partial charge in [0.1, 0.15) is 0 Å². The topological polar surface area (TPSA) is 38.8 Å². The Kier molecular flexibility index (Phi) is 3.97. The zero-order valence-electron chi connectivity index (χ0n) is 14.8. The molecule has 0 aromatic carbocycles. The zero-order valence-corrected chi connectivity index (χ0v) is 14.8. The van der Waals surface area contributed by atoms with Crippen molar-refractivity contribution < 1.29 is 4.79 Å². The van der Waals surface area contributed by atoms with Gasteiger partial charge in [-0.05, 0) is 57.0 Å².